The summed E-state index contributed by atoms with van der Waals surface area (Å²) in [6.45, 7) is 0. The summed E-state index contributed by atoms with van der Waals surface area (Å²) >= 11 is 22.5. The summed E-state index contributed by atoms with van der Waals surface area (Å²) in [5, 5.41) is 3.43. The van der Waals surface area contributed by atoms with Gasteiger partial charge < -0.3 is 5.32 Å². The van der Waals surface area contributed by atoms with E-state index in [-0.39, 0.29) is 16.0 Å². The van der Waals surface area contributed by atoms with Gasteiger partial charge in [-0.3, -0.25) is 10.9 Å². The monoisotopic (exact) mass is 414 g/mol. The van der Waals surface area contributed by atoms with Gasteiger partial charge in [-0.2, -0.15) is 13.2 Å². The topological polar surface area (TPSA) is 49.0 Å². The van der Waals surface area contributed by atoms with Crippen molar-refractivity contribution in [1.82, 2.24) is 10.4 Å². The molecule has 0 bridgehead atoms. The van der Waals surface area contributed by atoms with E-state index >= 15 is 0 Å². The van der Waals surface area contributed by atoms with E-state index in [1.807, 2.05) is 0 Å². The highest BCUT2D eigenvalue weighted by molar-refractivity contribution is 7.80. The fourth-order valence-electron chi connectivity index (χ4n) is 1.54. The van der Waals surface area contributed by atoms with Gasteiger partial charge in [-0.1, -0.05) is 34.8 Å². The smallest absolute Gasteiger partial charge is 0.331 e. The number of hydrogen-bond acceptors (Lipinski definition) is 3. The Morgan fingerprint density at radius 3 is 2.33 bits per heavy atom. The van der Waals surface area contributed by atoms with Gasteiger partial charge in [0.2, 0.25) is 0 Å². The number of benzene rings is 1. The maximum absolute atomic E-state index is 12.5. The third-order valence-corrected chi connectivity index (χ3v) is 3.87. The second kappa shape index (κ2) is 7.60. The van der Waals surface area contributed by atoms with E-state index < -0.39 is 11.7 Å². The molecule has 0 aliphatic carbocycles. The Bertz CT molecular complexity index is 771. The first kappa shape index (κ1) is 18.9. The summed E-state index contributed by atoms with van der Waals surface area (Å²) in [4.78, 5) is 3.60. The van der Waals surface area contributed by atoms with Gasteiger partial charge in [0, 0.05) is 11.9 Å². The normalized spacial score (nSPS) is 11.1. The first-order chi connectivity index (χ1) is 11.2. The molecular formula is C13H8Cl3F3N4S. The van der Waals surface area contributed by atoms with Crippen LogP contribution in [0.4, 0.5) is 24.7 Å². The molecular weight excluding hydrogens is 408 g/mol. The lowest BCUT2D eigenvalue weighted by Crippen LogP contribution is -2.33. The minimum absolute atomic E-state index is 0.0112. The van der Waals surface area contributed by atoms with Crippen LogP contribution in [0.15, 0.2) is 30.5 Å². The number of halogens is 6. The van der Waals surface area contributed by atoms with E-state index in [9.17, 15) is 13.2 Å². The van der Waals surface area contributed by atoms with Crippen molar-refractivity contribution in [2.45, 2.75) is 6.18 Å². The highest BCUT2D eigenvalue weighted by Crippen LogP contribution is 2.32. The van der Waals surface area contributed by atoms with E-state index in [0.717, 1.165) is 6.07 Å². The van der Waals surface area contributed by atoms with Crippen molar-refractivity contribution in [2.24, 2.45) is 0 Å². The maximum Gasteiger partial charge on any atom is 0.417 e. The summed E-state index contributed by atoms with van der Waals surface area (Å²) in [7, 11) is 0. The third-order valence-electron chi connectivity index (χ3n) is 2.64. The molecule has 1 aromatic carbocycles. The molecule has 0 atom stereocenters. The third kappa shape index (κ3) is 5.01. The number of aromatic nitrogens is 1. The van der Waals surface area contributed by atoms with Gasteiger partial charge in [-0.15, -0.1) is 0 Å². The Morgan fingerprint density at radius 2 is 1.75 bits per heavy atom. The standard InChI is InChI=1S/C13H8Cl3F3N4S/c14-8-2-1-7(4-9(8)15)21-12(24)23-22-11-10(16)3-6(5-20-11)13(17,18)19/h1-5H,(H,20,22)(H2,21,23,24). The van der Waals surface area contributed by atoms with Gasteiger partial charge in [-0.05, 0) is 36.5 Å². The van der Waals surface area contributed by atoms with Crippen LogP contribution in [0.3, 0.4) is 0 Å². The minimum atomic E-state index is -4.52. The number of nitrogens with one attached hydrogen (secondary N) is 3. The zero-order valence-corrected chi connectivity index (χ0v) is 14.6. The quantitative estimate of drug-likeness (QED) is 0.464. The molecule has 0 aliphatic rings. The molecule has 4 nitrogen and oxygen atoms in total. The van der Waals surface area contributed by atoms with Crippen LogP contribution < -0.4 is 16.2 Å². The molecule has 0 amide bonds. The molecule has 1 heterocycles. The Labute approximate surface area is 155 Å². The van der Waals surface area contributed by atoms with Crippen LogP contribution in [-0.2, 0) is 6.18 Å². The van der Waals surface area contributed by atoms with Crippen molar-refractivity contribution >= 4 is 63.6 Å². The number of nitrogens with zero attached hydrogens (tertiary/aromatic N) is 1. The second-order valence-corrected chi connectivity index (χ2v) is 6.02. The largest absolute Gasteiger partial charge is 0.417 e. The van der Waals surface area contributed by atoms with Gasteiger partial charge >= 0.3 is 6.18 Å². The molecule has 3 N–H and O–H groups in total. The number of hydrazine groups is 1. The Balaban J connectivity index is 1.97. The summed E-state index contributed by atoms with van der Waals surface area (Å²) in [5.41, 5.74) is 4.68. The van der Waals surface area contributed by atoms with Crippen molar-refractivity contribution in [1.29, 1.82) is 0 Å². The van der Waals surface area contributed by atoms with E-state index in [0.29, 0.717) is 21.9 Å². The molecule has 0 unspecified atom stereocenters. The first-order valence-electron chi connectivity index (χ1n) is 6.17. The van der Waals surface area contributed by atoms with E-state index in [1.165, 1.54) is 0 Å². The van der Waals surface area contributed by atoms with E-state index in [4.69, 9.17) is 47.0 Å². The fourth-order valence-corrected chi connectivity index (χ4v) is 2.22. The van der Waals surface area contributed by atoms with Crippen molar-refractivity contribution in [3.05, 3.63) is 51.1 Å². The number of alkyl halides is 3. The van der Waals surface area contributed by atoms with Crippen molar-refractivity contribution in [2.75, 3.05) is 10.7 Å². The van der Waals surface area contributed by atoms with Gasteiger partial charge in [0.1, 0.15) is 0 Å². The van der Waals surface area contributed by atoms with Gasteiger partial charge in [0.15, 0.2) is 10.9 Å². The molecule has 2 rings (SSSR count). The molecule has 0 radical (unpaired) electrons. The number of pyridine rings is 1. The van der Waals surface area contributed by atoms with Crippen LogP contribution in [0.5, 0.6) is 0 Å². The number of thiocarbonyl (C=S) groups is 1. The second-order valence-electron chi connectivity index (χ2n) is 4.39. The summed E-state index contributed by atoms with van der Waals surface area (Å²) < 4.78 is 37.6. The molecule has 0 fully saturated rings. The minimum Gasteiger partial charge on any atom is -0.331 e. The van der Waals surface area contributed by atoms with Crippen LogP contribution in [-0.4, -0.2) is 10.1 Å². The molecule has 0 saturated carbocycles. The predicted molar refractivity (Wildman–Crippen MR) is 93.7 cm³/mol. The summed E-state index contributed by atoms with van der Waals surface area (Å²) in [5.74, 6) is -0.0112. The summed E-state index contributed by atoms with van der Waals surface area (Å²) in [6, 6.07) is 5.54. The Morgan fingerprint density at radius 1 is 1.04 bits per heavy atom. The van der Waals surface area contributed by atoms with Crippen LogP contribution >= 0.6 is 47.0 Å². The lowest BCUT2D eigenvalue weighted by atomic mass is 10.3. The molecule has 11 heteroatoms. The molecule has 0 aliphatic heterocycles. The lowest BCUT2D eigenvalue weighted by molar-refractivity contribution is -0.137. The van der Waals surface area contributed by atoms with Crippen molar-refractivity contribution in [3.63, 3.8) is 0 Å². The van der Waals surface area contributed by atoms with Crippen molar-refractivity contribution < 1.29 is 13.2 Å². The summed E-state index contributed by atoms with van der Waals surface area (Å²) in [6.07, 6.45) is -3.86. The zero-order valence-electron chi connectivity index (χ0n) is 11.5. The molecule has 24 heavy (non-hydrogen) atoms. The average molecular weight is 416 g/mol. The van der Waals surface area contributed by atoms with Gasteiger partial charge in [0.25, 0.3) is 0 Å². The molecule has 2 aromatic rings. The Kier molecular flexibility index (Phi) is 5.97. The Hall–Kier alpha value is -1.48. The van der Waals surface area contributed by atoms with Crippen LogP contribution in [0.1, 0.15) is 5.56 Å². The van der Waals surface area contributed by atoms with E-state index in [1.54, 1.807) is 18.2 Å². The number of anilines is 2. The average Bonchev–Trinajstić information content (AvgIpc) is 2.49. The van der Waals surface area contributed by atoms with E-state index in [2.05, 4.69) is 21.2 Å². The lowest BCUT2D eigenvalue weighted by Gasteiger charge is -2.14. The van der Waals surface area contributed by atoms with Crippen LogP contribution in [0, 0.1) is 0 Å². The molecule has 0 spiro atoms. The highest BCUT2D eigenvalue weighted by Gasteiger charge is 2.31. The SMILES string of the molecule is FC(F)(F)c1cnc(NNC(=S)Nc2ccc(Cl)c(Cl)c2)c(Cl)c1. The fraction of sp³-hybridized carbons (Fsp3) is 0.0769. The van der Waals surface area contributed by atoms with Crippen LogP contribution in [0.25, 0.3) is 0 Å². The van der Waals surface area contributed by atoms with Crippen molar-refractivity contribution in [3.8, 4) is 0 Å². The van der Waals surface area contributed by atoms with Crippen LogP contribution in [0.2, 0.25) is 15.1 Å². The number of hydrogen-bond donors (Lipinski definition) is 3. The van der Waals surface area contributed by atoms with Gasteiger partial charge in [0.05, 0.1) is 20.6 Å². The number of rotatable bonds is 3. The van der Waals surface area contributed by atoms with Gasteiger partial charge in [-0.25, -0.2) is 4.98 Å². The molecule has 0 saturated heterocycles. The first-order valence-corrected chi connectivity index (χ1v) is 7.72. The predicted octanol–water partition coefficient (Wildman–Crippen LogP) is 5.37. The molecule has 1 aromatic heterocycles. The highest BCUT2D eigenvalue weighted by atomic mass is 35.5. The molecule has 128 valence electrons. The zero-order chi connectivity index (χ0) is 17.9. The maximum atomic E-state index is 12.5.